The lowest BCUT2D eigenvalue weighted by molar-refractivity contribution is -0.117. The summed E-state index contributed by atoms with van der Waals surface area (Å²) in [5.41, 5.74) is 8.40. The summed E-state index contributed by atoms with van der Waals surface area (Å²) in [7, 11) is 0. The van der Waals surface area contributed by atoms with E-state index in [0.29, 0.717) is 5.92 Å². The van der Waals surface area contributed by atoms with Crippen LogP contribution >= 0.6 is 0 Å². The molecule has 0 spiro atoms. The fourth-order valence-corrected chi connectivity index (χ4v) is 1.90. The van der Waals surface area contributed by atoms with Crippen LogP contribution < -0.4 is 11.1 Å². The van der Waals surface area contributed by atoms with Gasteiger partial charge in [0.25, 0.3) is 5.91 Å². The molecule has 0 fully saturated rings. The van der Waals surface area contributed by atoms with Crippen LogP contribution in [0.1, 0.15) is 25.8 Å². The van der Waals surface area contributed by atoms with Crippen molar-refractivity contribution in [2.75, 3.05) is 5.32 Å². The standard InChI is InChI=1S/C13H17N3O/c1-8(2)7-11-9-5-3-4-6-10(9)16-13(17)12(14)15-11/h3-6,8,12H,7,14H2,1-2H3,(H,16,17)/t12-/m0/s1. The molecule has 0 radical (unpaired) electrons. The van der Waals surface area contributed by atoms with E-state index in [1.54, 1.807) is 0 Å². The van der Waals surface area contributed by atoms with Gasteiger partial charge in [0.15, 0.2) is 6.17 Å². The van der Waals surface area contributed by atoms with E-state index in [-0.39, 0.29) is 5.91 Å². The number of carbonyl (C=O) groups is 1. The SMILES string of the molecule is CC(C)CC1=N[C@H](N)C(=O)Nc2ccccc21. The lowest BCUT2D eigenvalue weighted by atomic mass is 9.99. The molecule has 1 aromatic rings. The van der Waals surface area contributed by atoms with Crippen LogP contribution in [0.15, 0.2) is 29.3 Å². The largest absolute Gasteiger partial charge is 0.322 e. The number of fused-ring (bicyclic) bond motifs is 1. The van der Waals surface area contributed by atoms with Crippen molar-refractivity contribution in [1.29, 1.82) is 0 Å². The number of carbonyl (C=O) groups excluding carboxylic acids is 1. The van der Waals surface area contributed by atoms with Crippen LogP contribution in [0.3, 0.4) is 0 Å². The van der Waals surface area contributed by atoms with Crippen molar-refractivity contribution >= 4 is 17.3 Å². The molecular formula is C13H17N3O. The normalized spacial score (nSPS) is 19.4. The summed E-state index contributed by atoms with van der Waals surface area (Å²) in [6, 6.07) is 7.68. The number of anilines is 1. The molecule has 90 valence electrons. The van der Waals surface area contributed by atoms with Crippen LogP contribution in [0, 0.1) is 5.92 Å². The maximum atomic E-state index is 11.7. The second-order valence-corrected chi connectivity index (χ2v) is 4.65. The molecule has 1 amide bonds. The molecule has 0 aliphatic carbocycles. The van der Waals surface area contributed by atoms with E-state index in [0.717, 1.165) is 23.4 Å². The van der Waals surface area contributed by atoms with Crippen molar-refractivity contribution < 1.29 is 4.79 Å². The summed E-state index contributed by atoms with van der Waals surface area (Å²) in [6.07, 6.45) is 0.01000. The number of rotatable bonds is 2. The quantitative estimate of drug-likeness (QED) is 0.814. The van der Waals surface area contributed by atoms with Gasteiger partial charge in [-0.25, -0.2) is 0 Å². The molecule has 1 atom stereocenters. The van der Waals surface area contributed by atoms with E-state index in [1.165, 1.54) is 0 Å². The van der Waals surface area contributed by atoms with Crippen molar-refractivity contribution in [2.24, 2.45) is 16.6 Å². The van der Waals surface area contributed by atoms with Gasteiger partial charge in [0.2, 0.25) is 0 Å². The molecule has 4 nitrogen and oxygen atoms in total. The lowest BCUT2D eigenvalue weighted by Crippen LogP contribution is -2.33. The monoisotopic (exact) mass is 231 g/mol. The third-order valence-electron chi connectivity index (χ3n) is 2.66. The topological polar surface area (TPSA) is 67.5 Å². The maximum absolute atomic E-state index is 11.7. The van der Waals surface area contributed by atoms with Gasteiger partial charge in [-0.05, 0) is 18.4 Å². The second kappa shape index (κ2) is 4.67. The molecule has 0 aromatic heterocycles. The molecule has 1 aromatic carbocycles. The molecular weight excluding hydrogens is 214 g/mol. The minimum Gasteiger partial charge on any atom is -0.322 e. The number of para-hydroxylation sites is 1. The van der Waals surface area contributed by atoms with Gasteiger partial charge in [0, 0.05) is 17.0 Å². The average molecular weight is 231 g/mol. The molecule has 0 saturated heterocycles. The predicted octanol–water partition coefficient (Wildman–Crippen LogP) is 1.76. The summed E-state index contributed by atoms with van der Waals surface area (Å²) in [6.45, 7) is 4.24. The van der Waals surface area contributed by atoms with E-state index >= 15 is 0 Å². The highest BCUT2D eigenvalue weighted by molar-refractivity contribution is 6.11. The fraction of sp³-hybridized carbons (Fsp3) is 0.385. The first-order chi connectivity index (χ1) is 8.08. The molecule has 0 bridgehead atoms. The van der Waals surface area contributed by atoms with Crippen molar-refractivity contribution in [3.63, 3.8) is 0 Å². The smallest absolute Gasteiger partial charge is 0.263 e. The molecule has 17 heavy (non-hydrogen) atoms. The minimum absolute atomic E-state index is 0.254. The molecule has 1 aliphatic rings. The number of benzene rings is 1. The summed E-state index contributed by atoms with van der Waals surface area (Å²) in [5, 5.41) is 2.80. The molecule has 0 unspecified atom stereocenters. The van der Waals surface area contributed by atoms with Crippen molar-refractivity contribution in [3.8, 4) is 0 Å². The third kappa shape index (κ3) is 2.53. The van der Waals surface area contributed by atoms with Gasteiger partial charge in [0.1, 0.15) is 0 Å². The molecule has 0 saturated carbocycles. The Hall–Kier alpha value is -1.68. The van der Waals surface area contributed by atoms with E-state index in [9.17, 15) is 4.79 Å². The summed E-state index contributed by atoms with van der Waals surface area (Å²) >= 11 is 0. The molecule has 1 heterocycles. The van der Waals surface area contributed by atoms with Gasteiger partial charge >= 0.3 is 0 Å². The van der Waals surface area contributed by atoms with E-state index in [4.69, 9.17) is 5.73 Å². The van der Waals surface area contributed by atoms with E-state index in [2.05, 4.69) is 24.2 Å². The molecule has 1 aliphatic heterocycles. The Morgan fingerprint density at radius 2 is 2.12 bits per heavy atom. The highest BCUT2D eigenvalue weighted by Crippen LogP contribution is 2.22. The van der Waals surface area contributed by atoms with E-state index in [1.807, 2.05) is 24.3 Å². The van der Waals surface area contributed by atoms with Crippen molar-refractivity contribution in [1.82, 2.24) is 0 Å². The summed E-state index contributed by atoms with van der Waals surface area (Å²) in [4.78, 5) is 16.0. The second-order valence-electron chi connectivity index (χ2n) is 4.65. The lowest BCUT2D eigenvalue weighted by Gasteiger charge is -2.10. The summed E-state index contributed by atoms with van der Waals surface area (Å²) in [5.74, 6) is 0.221. The van der Waals surface area contributed by atoms with Crippen molar-refractivity contribution in [3.05, 3.63) is 29.8 Å². The Morgan fingerprint density at radius 1 is 1.41 bits per heavy atom. The predicted molar refractivity (Wildman–Crippen MR) is 69.0 cm³/mol. The number of nitrogens with one attached hydrogen (secondary N) is 1. The van der Waals surface area contributed by atoms with Crippen LogP contribution in [-0.2, 0) is 4.79 Å². The van der Waals surface area contributed by atoms with Gasteiger partial charge in [-0.3, -0.25) is 9.79 Å². The van der Waals surface area contributed by atoms with Gasteiger partial charge in [-0.15, -0.1) is 0 Å². The number of aliphatic imine (C=N–C) groups is 1. The molecule has 3 N–H and O–H groups in total. The molecule has 2 rings (SSSR count). The van der Waals surface area contributed by atoms with Gasteiger partial charge < -0.3 is 11.1 Å². The zero-order chi connectivity index (χ0) is 12.4. The number of nitrogens with two attached hydrogens (primary N) is 1. The minimum atomic E-state index is -0.809. The first-order valence-corrected chi connectivity index (χ1v) is 5.80. The first kappa shape index (κ1) is 11.8. The zero-order valence-corrected chi connectivity index (χ0v) is 10.1. The number of hydrogen-bond donors (Lipinski definition) is 2. The van der Waals surface area contributed by atoms with Crippen molar-refractivity contribution in [2.45, 2.75) is 26.4 Å². The molecule has 4 heteroatoms. The fourth-order valence-electron chi connectivity index (χ4n) is 1.90. The number of amides is 1. The Morgan fingerprint density at radius 3 is 2.82 bits per heavy atom. The van der Waals surface area contributed by atoms with Gasteiger partial charge in [-0.1, -0.05) is 32.0 Å². The highest BCUT2D eigenvalue weighted by Gasteiger charge is 2.21. The zero-order valence-electron chi connectivity index (χ0n) is 10.1. The summed E-state index contributed by atoms with van der Waals surface area (Å²) < 4.78 is 0. The van der Waals surface area contributed by atoms with Crippen LogP contribution in [0.2, 0.25) is 0 Å². The first-order valence-electron chi connectivity index (χ1n) is 5.80. The Kier molecular flexibility index (Phi) is 3.24. The van der Waals surface area contributed by atoms with Crippen LogP contribution in [0.5, 0.6) is 0 Å². The number of nitrogens with zero attached hydrogens (tertiary/aromatic N) is 1. The number of benzodiazepines with no additional fused rings is 1. The Balaban J connectivity index is 2.46. The van der Waals surface area contributed by atoms with Gasteiger partial charge in [0.05, 0.1) is 0 Å². The van der Waals surface area contributed by atoms with Gasteiger partial charge in [-0.2, -0.15) is 0 Å². The Bertz CT molecular complexity index is 465. The Labute approximate surface area is 101 Å². The van der Waals surface area contributed by atoms with E-state index < -0.39 is 6.17 Å². The maximum Gasteiger partial charge on any atom is 0.263 e. The van der Waals surface area contributed by atoms with Crippen LogP contribution in [0.25, 0.3) is 0 Å². The average Bonchev–Trinajstić information content (AvgIpc) is 2.38. The third-order valence-corrected chi connectivity index (χ3v) is 2.66. The van der Waals surface area contributed by atoms with Crippen LogP contribution in [-0.4, -0.2) is 17.8 Å². The van der Waals surface area contributed by atoms with Crippen LogP contribution in [0.4, 0.5) is 5.69 Å². The number of hydrogen-bond acceptors (Lipinski definition) is 3. The highest BCUT2D eigenvalue weighted by atomic mass is 16.2.